The van der Waals surface area contributed by atoms with E-state index in [0.29, 0.717) is 17.9 Å². The Morgan fingerprint density at radius 1 is 1.21 bits per heavy atom. The summed E-state index contributed by atoms with van der Waals surface area (Å²) in [5.74, 6) is -1.95. The molecule has 28 heavy (non-hydrogen) atoms. The van der Waals surface area contributed by atoms with Crippen molar-refractivity contribution in [1.82, 2.24) is 9.80 Å². The third kappa shape index (κ3) is 4.95. The number of rotatable bonds is 3. The van der Waals surface area contributed by atoms with E-state index in [2.05, 4.69) is 11.9 Å². The first kappa shape index (κ1) is 22.0. The molecule has 2 fully saturated rings. The summed E-state index contributed by atoms with van der Waals surface area (Å²) in [5.41, 5.74) is 0.924. The Hall–Kier alpha value is -2.29. The molecule has 2 aliphatic rings. The van der Waals surface area contributed by atoms with E-state index in [1.165, 1.54) is 12.8 Å². The van der Waals surface area contributed by atoms with Crippen LogP contribution in [0, 0.1) is 0 Å². The van der Waals surface area contributed by atoms with Crippen molar-refractivity contribution in [3.8, 4) is 5.75 Å². The average Bonchev–Trinajstić information content (AvgIpc) is 2.67. The van der Waals surface area contributed by atoms with Gasteiger partial charge in [0.25, 0.3) is 5.91 Å². The Morgan fingerprint density at radius 3 is 2.36 bits per heavy atom. The topological polar surface area (TPSA) is 70.1 Å². The lowest BCUT2D eigenvalue weighted by molar-refractivity contribution is -0.192. The lowest BCUT2D eigenvalue weighted by Gasteiger charge is -2.55. The molecule has 0 aromatic heterocycles. The number of amides is 1. The van der Waals surface area contributed by atoms with Crippen LogP contribution in [0.1, 0.15) is 36.5 Å². The van der Waals surface area contributed by atoms with Gasteiger partial charge in [0, 0.05) is 25.2 Å². The molecule has 1 aromatic carbocycles. The molecule has 3 rings (SSSR count). The number of carbonyl (C=O) groups excluding carboxylic acids is 1. The zero-order valence-electron chi connectivity index (χ0n) is 16.0. The Morgan fingerprint density at radius 2 is 1.86 bits per heavy atom. The second-order valence-electron chi connectivity index (χ2n) is 6.96. The zero-order valence-corrected chi connectivity index (χ0v) is 16.0. The molecule has 0 radical (unpaired) electrons. The van der Waals surface area contributed by atoms with Gasteiger partial charge in [0.1, 0.15) is 5.75 Å². The van der Waals surface area contributed by atoms with Crippen molar-refractivity contribution in [3.63, 3.8) is 0 Å². The van der Waals surface area contributed by atoms with Crippen LogP contribution in [0.25, 0.3) is 0 Å². The minimum atomic E-state index is -5.08. The van der Waals surface area contributed by atoms with Crippen molar-refractivity contribution >= 4 is 11.9 Å². The van der Waals surface area contributed by atoms with Crippen LogP contribution in [0.3, 0.4) is 0 Å². The van der Waals surface area contributed by atoms with Gasteiger partial charge >= 0.3 is 12.1 Å². The average molecular weight is 402 g/mol. The van der Waals surface area contributed by atoms with Gasteiger partial charge in [0.2, 0.25) is 0 Å². The molecule has 1 amide bonds. The highest BCUT2D eigenvalue weighted by Crippen LogP contribution is 2.37. The number of likely N-dealkylation sites (tertiary alicyclic amines) is 2. The number of carboxylic acid groups (broad SMARTS) is 1. The normalized spacial score (nSPS) is 22.1. The van der Waals surface area contributed by atoms with Crippen molar-refractivity contribution < 1.29 is 32.6 Å². The predicted molar refractivity (Wildman–Crippen MR) is 96.4 cm³/mol. The SMILES string of the molecule is CCOc1ccccc1C(=O)N1CCCC2(CCN2C)C1.O=C(O)C(F)(F)F. The molecule has 1 aromatic rings. The molecule has 2 heterocycles. The number of halogens is 3. The molecular weight excluding hydrogens is 377 g/mol. The van der Waals surface area contributed by atoms with E-state index < -0.39 is 12.1 Å². The molecule has 1 spiro atoms. The molecule has 0 bridgehead atoms. The zero-order chi connectivity index (χ0) is 20.9. The van der Waals surface area contributed by atoms with Gasteiger partial charge < -0.3 is 14.7 Å². The fraction of sp³-hybridized carbons (Fsp3) is 0.579. The molecule has 1 atom stereocenters. The van der Waals surface area contributed by atoms with E-state index >= 15 is 0 Å². The van der Waals surface area contributed by atoms with E-state index in [1.54, 1.807) is 0 Å². The van der Waals surface area contributed by atoms with E-state index in [-0.39, 0.29) is 11.4 Å². The van der Waals surface area contributed by atoms with E-state index in [0.717, 1.165) is 26.1 Å². The fourth-order valence-electron chi connectivity index (χ4n) is 3.55. The third-order valence-electron chi connectivity index (χ3n) is 5.22. The number of likely N-dealkylation sites (N-methyl/N-ethyl adjacent to an activating group) is 1. The van der Waals surface area contributed by atoms with Gasteiger partial charge in [0.15, 0.2) is 0 Å². The van der Waals surface area contributed by atoms with Gasteiger partial charge in [-0.3, -0.25) is 9.69 Å². The largest absolute Gasteiger partial charge is 0.493 e. The van der Waals surface area contributed by atoms with Crippen LogP contribution in [-0.4, -0.2) is 71.8 Å². The molecule has 6 nitrogen and oxygen atoms in total. The van der Waals surface area contributed by atoms with Crippen LogP contribution in [0.2, 0.25) is 0 Å². The van der Waals surface area contributed by atoms with Crippen molar-refractivity contribution in [3.05, 3.63) is 29.8 Å². The molecule has 0 aliphatic carbocycles. The molecule has 2 saturated heterocycles. The monoisotopic (exact) mass is 402 g/mol. The number of piperidine rings is 1. The molecule has 0 saturated carbocycles. The molecule has 156 valence electrons. The van der Waals surface area contributed by atoms with Crippen LogP contribution in [0.5, 0.6) is 5.75 Å². The number of carboxylic acids is 1. The van der Waals surface area contributed by atoms with Crippen LogP contribution in [0.4, 0.5) is 13.2 Å². The number of ether oxygens (including phenoxy) is 1. The predicted octanol–water partition coefficient (Wildman–Crippen LogP) is 3.03. The van der Waals surface area contributed by atoms with Gasteiger partial charge in [-0.15, -0.1) is 0 Å². The third-order valence-corrected chi connectivity index (χ3v) is 5.22. The maximum Gasteiger partial charge on any atom is 0.490 e. The summed E-state index contributed by atoms with van der Waals surface area (Å²) in [4.78, 5) is 26.2. The van der Waals surface area contributed by atoms with Crippen molar-refractivity contribution in [2.75, 3.05) is 33.3 Å². The van der Waals surface area contributed by atoms with E-state index in [4.69, 9.17) is 14.6 Å². The van der Waals surface area contributed by atoms with Crippen LogP contribution in [-0.2, 0) is 4.79 Å². The first-order chi connectivity index (χ1) is 13.1. The maximum atomic E-state index is 12.9. The van der Waals surface area contributed by atoms with Gasteiger partial charge in [-0.25, -0.2) is 4.79 Å². The Bertz CT molecular complexity index is 711. The highest BCUT2D eigenvalue weighted by atomic mass is 19.4. The highest BCUT2D eigenvalue weighted by molar-refractivity contribution is 5.97. The summed E-state index contributed by atoms with van der Waals surface area (Å²) in [6, 6.07) is 7.58. The van der Waals surface area contributed by atoms with Crippen LogP contribution >= 0.6 is 0 Å². The second kappa shape index (κ2) is 8.81. The molecule has 2 aliphatic heterocycles. The fourth-order valence-corrected chi connectivity index (χ4v) is 3.55. The quantitative estimate of drug-likeness (QED) is 0.842. The number of carbonyl (C=O) groups is 2. The Labute approximate surface area is 161 Å². The van der Waals surface area contributed by atoms with Crippen molar-refractivity contribution in [1.29, 1.82) is 0 Å². The first-order valence-corrected chi connectivity index (χ1v) is 9.13. The highest BCUT2D eigenvalue weighted by Gasteiger charge is 2.46. The Balaban J connectivity index is 0.000000345. The van der Waals surface area contributed by atoms with Gasteiger partial charge in [0.05, 0.1) is 12.2 Å². The summed E-state index contributed by atoms with van der Waals surface area (Å²) >= 11 is 0. The Kier molecular flexibility index (Phi) is 6.92. The van der Waals surface area contributed by atoms with Crippen LogP contribution < -0.4 is 4.74 Å². The molecular formula is C19H25F3N2O4. The second-order valence-corrected chi connectivity index (χ2v) is 6.96. The number of hydrogen-bond acceptors (Lipinski definition) is 4. The minimum Gasteiger partial charge on any atom is -0.493 e. The number of para-hydroxylation sites is 1. The number of hydrogen-bond donors (Lipinski definition) is 1. The molecule has 9 heteroatoms. The minimum absolute atomic E-state index is 0.110. The van der Waals surface area contributed by atoms with E-state index in [9.17, 15) is 18.0 Å². The van der Waals surface area contributed by atoms with Crippen molar-refractivity contribution in [2.45, 2.75) is 37.9 Å². The van der Waals surface area contributed by atoms with Crippen LogP contribution in [0.15, 0.2) is 24.3 Å². The standard InChI is InChI=1S/C17H24N2O2.C2HF3O2/c1-3-21-15-8-5-4-7-14(15)16(20)19-11-6-9-17(13-19)10-12-18(17)2;3-2(4,5)1(6)7/h4-5,7-8H,3,6,9-13H2,1-2H3;(H,6,7). The number of aliphatic carboxylic acids is 1. The summed E-state index contributed by atoms with van der Waals surface area (Å²) in [7, 11) is 2.17. The van der Waals surface area contributed by atoms with Gasteiger partial charge in [-0.1, -0.05) is 12.1 Å². The van der Waals surface area contributed by atoms with Gasteiger partial charge in [-0.2, -0.15) is 13.2 Å². The smallest absolute Gasteiger partial charge is 0.490 e. The molecule has 1 unspecified atom stereocenters. The number of benzene rings is 1. The van der Waals surface area contributed by atoms with Gasteiger partial charge in [-0.05, 0) is 45.4 Å². The summed E-state index contributed by atoms with van der Waals surface area (Å²) < 4.78 is 37.3. The lowest BCUT2D eigenvalue weighted by Crippen LogP contribution is -2.66. The summed E-state index contributed by atoms with van der Waals surface area (Å²) in [6.45, 7) is 5.38. The summed E-state index contributed by atoms with van der Waals surface area (Å²) in [5, 5.41) is 7.12. The van der Waals surface area contributed by atoms with E-state index in [1.807, 2.05) is 36.1 Å². The first-order valence-electron chi connectivity index (χ1n) is 9.13. The summed E-state index contributed by atoms with van der Waals surface area (Å²) in [6.07, 6.45) is -1.58. The van der Waals surface area contributed by atoms with Crippen molar-refractivity contribution in [2.24, 2.45) is 0 Å². The number of nitrogens with zero attached hydrogens (tertiary/aromatic N) is 2. The number of alkyl halides is 3. The maximum absolute atomic E-state index is 12.9. The molecule has 1 N–H and O–H groups in total. The lowest BCUT2D eigenvalue weighted by atomic mass is 9.78.